The van der Waals surface area contributed by atoms with Crippen LogP contribution in [-0.4, -0.2) is 46.9 Å². The molecule has 0 unspecified atom stereocenters. The Bertz CT molecular complexity index is 483. The quantitative estimate of drug-likeness (QED) is 0.572. The SMILES string of the molecule is CN(CCNCc1ccc(O)c(O)c1)C(=O)OC(C)(C)C. The maximum absolute atomic E-state index is 11.7. The van der Waals surface area contributed by atoms with Crippen LogP contribution in [0.15, 0.2) is 18.2 Å². The highest BCUT2D eigenvalue weighted by atomic mass is 16.6. The lowest BCUT2D eigenvalue weighted by atomic mass is 10.2. The van der Waals surface area contributed by atoms with Crippen molar-refractivity contribution < 1.29 is 19.7 Å². The van der Waals surface area contributed by atoms with Crippen LogP contribution in [0.5, 0.6) is 11.5 Å². The normalized spacial score (nSPS) is 11.2. The number of amides is 1. The van der Waals surface area contributed by atoms with Crippen LogP contribution in [0.1, 0.15) is 26.3 Å². The van der Waals surface area contributed by atoms with E-state index >= 15 is 0 Å². The zero-order valence-corrected chi connectivity index (χ0v) is 13.0. The Labute approximate surface area is 125 Å². The van der Waals surface area contributed by atoms with Gasteiger partial charge in [0.05, 0.1) is 0 Å². The van der Waals surface area contributed by atoms with Crippen LogP contribution in [0.25, 0.3) is 0 Å². The number of ether oxygens (including phenoxy) is 1. The average Bonchev–Trinajstić information content (AvgIpc) is 2.36. The van der Waals surface area contributed by atoms with Crippen LogP contribution in [0.2, 0.25) is 0 Å². The summed E-state index contributed by atoms with van der Waals surface area (Å²) in [6.45, 7) is 7.13. The summed E-state index contributed by atoms with van der Waals surface area (Å²) in [6, 6.07) is 4.67. The van der Waals surface area contributed by atoms with E-state index in [0.717, 1.165) is 5.56 Å². The molecule has 3 N–H and O–H groups in total. The molecule has 6 heteroatoms. The Morgan fingerprint density at radius 1 is 1.29 bits per heavy atom. The molecule has 21 heavy (non-hydrogen) atoms. The van der Waals surface area contributed by atoms with Crippen LogP contribution in [0, 0.1) is 0 Å². The minimum atomic E-state index is -0.498. The summed E-state index contributed by atoms with van der Waals surface area (Å²) in [5.74, 6) is -0.274. The van der Waals surface area contributed by atoms with Crippen LogP contribution < -0.4 is 5.32 Å². The van der Waals surface area contributed by atoms with Crippen molar-refractivity contribution in [2.24, 2.45) is 0 Å². The van der Waals surface area contributed by atoms with Crippen molar-refractivity contribution in [1.29, 1.82) is 0 Å². The van der Waals surface area contributed by atoms with E-state index in [9.17, 15) is 15.0 Å². The maximum atomic E-state index is 11.7. The molecule has 118 valence electrons. The predicted octanol–water partition coefficient (Wildman–Crippen LogP) is 2.05. The molecule has 0 aliphatic carbocycles. The van der Waals surface area contributed by atoms with Crippen LogP contribution >= 0.6 is 0 Å². The summed E-state index contributed by atoms with van der Waals surface area (Å²) in [6.07, 6.45) is -0.355. The van der Waals surface area contributed by atoms with Crippen molar-refractivity contribution in [3.05, 3.63) is 23.8 Å². The summed E-state index contributed by atoms with van der Waals surface area (Å²) < 4.78 is 5.24. The lowest BCUT2D eigenvalue weighted by Gasteiger charge is -2.24. The molecular formula is C15H24N2O4. The second-order valence-electron chi connectivity index (χ2n) is 5.90. The first kappa shape index (κ1) is 17.1. The molecule has 0 aromatic heterocycles. The van der Waals surface area contributed by atoms with Gasteiger partial charge in [0.15, 0.2) is 11.5 Å². The third-order valence-corrected chi connectivity index (χ3v) is 2.70. The summed E-state index contributed by atoms with van der Waals surface area (Å²) in [5, 5.41) is 21.7. The molecule has 0 spiro atoms. The molecule has 1 aromatic carbocycles. The van der Waals surface area contributed by atoms with Gasteiger partial charge in [-0.3, -0.25) is 0 Å². The zero-order chi connectivity index (χ0) is 16.0. The second-order valence-corrected chi connectivity index (χ2v) is 5.90. The molecule has 0 radical (unpaired) electrons. The molecule has 0 aliphatic rings. The van der Waals surface area contributed by atoms with E-state index in [-0.39, 0.29) is 17.6 Å². The smallest absolute Gasteiger partial charge is 0.410 e. The number of carbonyl (C=O) groups excluding carboxylic acids is 1. The Hall–Kier alpha value is -1.95. The Morgan fingerprint density at radius 3 is 2.52 bits per heavy atom. The Balaban J connectivity index is 2.30. The number of benzene rings is 1. The number of nitrogens with one attached hydrogen (secondary N) is 1. The van der Waals surface area contributed by atoms with E-state index < -0.39 is 5.60 Å². The fourth-order valence-electron chi connectivity index (χ4n) is 1.59. The molecule has 0 bridgehead atoms. The largest absolute Gasteiger partial charge is 0.504 e. The van der Waals surface area contributed by atoms with Gasteiger partial charge in [-0.05, 0) is 38.5 Å². The number of hydrogen-bond acceptors (Lipinski definition) is 5. The molecule has 1 amide bonds. The fraction of sp³-hybridized carbons (Fsp3) is 0.533. The standard InChI is InChI=1S/C15H24N2O4/c1-15(2,3)21-14(20)17(4)8-7-16-10-11-5-6-12(18)13(19)9-11/h5-6,9,16,18-19H,7-8,10H2,1-4H3. The molecule has 0 fully saturated rings. The van der Waals surface area contributed by atoms with Crippen molar-refractivity contribution in [3.63, 3.8) is 0 Å². The number of phenols is 2. The monoisotopic (exact) mass is 296 g/mol. The number of aromatic hydroxyl groups is 2. The van der Waals surface area contributed by atoms with Gasteiger partial charge in [0, 0.05) is 26.7 Å². The number of carbonyl (C=O) groups is 1. The van der Waals surface area contributed by atoms with E-state index in [4.69, 9.17) is 4.74 Å². The molecule has 0 saturated carbocycles. The zero-order valence-electron chi connectivity index (χ0n) is 13.0. The molecule has 0 aliphatic heterocycles. The van der Waals surface area contributed by atoms with Gasteiger partial charge in [-0.25, -0.2) is 4.79 Å². The highest BCUT2D eigenvalue weighted by molar-refractivity contribution is 5.67. The molecule has 6 nitrogen and oxygen atoms in total. The van der Waals surface area contributed by atoms with Crippen molar-refractivity contribution in [1.82, 2.24) is 10.2 Å². The number of phenolic OH excluding ortho intramolecular Hbond substituents is 2. The van der Waals surface area contributed by atoms with Gasteiger partial charge in [0.1, 0.15) is 5.60 Å². The first-order valence-corrected chi connectivity index (χ1v) is 6.85. The maximum Gasteiger partial charge on any atom is 0.410 e. The second kappa shape index (κ2) is 7.17. The predicted molar refractivity (Wildman–Crippen MR) is 80.3 cm³/mol. The van der Waals surface area contributed by atoms with Crippen LogP contribution in [0.4, 0.5) is 4.79 Å². The van der Waals surface area contributed by atoms with Gasteiger partial charge >= 0.3 is 6.09 Å². The lowest BCUT2D eigenvalue weighted by Crippen LogP contribution is -2.37. The molecular weight excluding hydrogens is 272 g/mol. The first-order chi connectivity index (χ1) is 9.69. The van der Waals surface area contributed by atoms with Crippen molar-refractivity contribution in [2.75, 3.05) is 20.1 Å². The topological polar surface area (TPSA) is 82.0 Å². The van der Waals surface area contributed by atoms with Gasteiger partial charge in [0.2, 0.25) is 0 Å². The minimum Gasteiger partial charge on any atom is -0.504 e. The van der Waals surface area contributed by atoms with Crippen LogP contribution in [-0.2, 0) is 11.3 Å². The van der Waals surface area contributed by atoms with E-state index in [1.54, 1.807) is 13.1 Å². The number of nitrogens with zero attached hydrogens (tertiary/aromatic N) is 1. The Morgan fingerprint density at radius 2 is 1.95 bits per heavy atom. The molecule has 0 atom stereocenters. The minimum absolute atomic E-state index is 0.136. The van der Waals surface area contributed by atoms with Crippen molar-refractivity contribution in [2.45, 2.75) is 32.9 Å². The van der Waals surface area contributed by atoms with Crippen molar-refractivity contribution in [3.8, 4) is 11.5 Å². The third kappa shape index (κ3) is 6.35. The van der Waals surface area contributed by atoms with Gasteiger partial charge in [-0.1, -0.05) is 6.07 Å². The summed E-state index contributed by atoms with van der Waals surface area (Å²) in [7, 11) is 1.68. The van der Waals surface area contributed by atoms with Crippen molar-refractivity contribution >= 4 is 6.09 Å². The number of likely N-dealkylation sites (N-methyl/N-ethyl adjacent to an activating group) is 1. The lowest BCUT2D eigenvalue weighted by molar-refractivity contribution is 0.0300. The first-order valence-electron chi connectivity index (χ1n) is 6.85. The van der Waals surface area contributed by atoms with E-state index in [0.29, 0.717) is 19.6 Å². The number of rotatable bonds is 5. The van der Waals surface area contributed by atoms with Gasteiger partial charge in [-0.15, -0.1) is 0 Å². The van der Waals surface area contributed by atoms with Crippen LogP contribution in [0.3, 0.4) is 0 Å². The van der Waals surface area contributed by atoms with E-state index in [1.807, 2.05) is 20.8 Å². The van der Waals surface area contributed by atoms with Gasteiger partial charge < -0.3 is 25.2 Å². The molecule has 1 aromatic rings. The van der Waals surface area contributed by atoms with Gasteiger partial charge in [0.25, 0.3) is 0 Å². The number of hydrogen-bond donors (Lipinski definition) is 3. The highest BCUT2D eigenvalue weighted by Gasteiger charge is 2.18. The Kier molecular flexibility index (Phi) is 5.84. The summed E-state index contributed by atoms with van der Waals surface area (Å²) >= 11 is 0. The van der Waals surface area contributed by atoms with Gasteiger partial charge in [-0.2, -0.15) is 0 Å². The summed E-state index contributed by atoms with van der Waals surface area (Å²) in [5.41, 5.74) is 0.354. The summed E-state index contributed by atoms with van der Waals surface area (Å²) in [4.78, 5) is 13.2. The van der Waals surface area contributed by atoms with E-state index in [2.05, 4.69) is 5.32 Å². The third-order valence-electron chi connectivity index (χ3n) is 2.70. The van der Waals surface area contributed by atoms with E-state index in [1.165, 1.54) is 17.0 Å². The highest BCUT2D eigenvalue weighted by Crippen LogP contribution is 2.24. The average molecular weight is 296 g/mol. The molecule has 1 rings (SSSR count). The molecule has 0 saturated heterocycles. The fourth-order valence-corrected chi connectivity index (χ4v) is 1.59. The molecule has 0 heterocycles.